The number of carbonyl (C=O) groups excluding carboxylic acids is 1. The van der Waals surface area contributed by atoms with Crippen molar-refractivity contribution in [2.24, 2.45) is 10.8 Å². The lowest BCUT2D eigenvalue weighted by atomic mass is 9.53. The topological polar surface area (TPSA) is 26.3 Å². The van der Waals surface area contributed by atoms with Crippen molar-refractivity contribution in [1.82, 2.24) is 0 Å². The fourth-order valence-corrected chi connectivity index (χ4v) is 16.7. The SMILES string of the molecule is CCCCCCCCCCCCCCCCCCCCOC(=O)C(CCCCCCCCCCCCCCCC)(CCCCCCCCCCCCCCCCCC)C(CCCCCCCCC)(CCCCCCCCCCCC)CCCCCCCCCCCCCC. The number of unbranched alkanes of at least 4 members (excludes halogenated alkanes) is 71. The molecule has 0 spiro atoms. The predicted molar refractivity (Wildman–Crippen MR) is 428 cm³/mol. The van der Waals surface area contributed by atoms with Crippen molar-refractivity contribution < 1.29 is 9.53 Å². The number of hydrogen-bond donors (Lipinski definition) is 0. The van der Waals surface area contributed by atoms with Crippen molar-refractivity contribution in [1.29, 1.82) is 0 Å². The highest BCUT2D eigenvalue weighted by Gasteiger charge is 2.55. The van der Waals surface area contributed by atoms with Crippen molar-refractivity contribution in [3.05, 3.63) is 0 Å². The van der Waals surface area contributed by atoms with Gasteiger partial charge in [0.15, 0.2) is 0 Å². The minimum Gasteiger partial charge on any atom is -0.465 e. The van der Waals surface area contributed by atoms with Crippen molar-refractivity contribution in [2.75, 3.05) is 6.61 Å². The van der Waals surface area contributed by atoms with Gasteiger partial charge in [-0.2, -0.15) is 0 Å². The van der Waals surface area contributed by atoms with E-state index in [1.54, 1.807) is 0 Å². The number of hydrogen-bond acceptors (Lipinski definition) is 2. The van der Waals surface area contributed by atoms with E-state index in [1.807, 2.05) is 0 Å². The van der Waals surface area contributed by atoms with Gasteiger partial charge in [-0.05, 0) is 43.9 Å². The molecular weight excluding hydrogens is 1140 g/mol. The normalized spacial score (nSPS) is 13.1. The minimum atomic E-state index is -0.354. The van der Waals surface area contributed by atoms with Gasteiger partial charge in [0.25, 0.3) is 0 Å². The molecule has 0 aliphatic rings. The smallest absolute Gasteiger partial charge is 0.312 e. The maximum Gasteiger partial charge on any atom is 0.312 e. The van der Waals surface area contributed by atoms with Gasteiger partial charge in [0.2, 0.25) is 0 Å². The zero-order chi connectivity index (χ0) is 68.0. The summed E-state index contributed by atoms with van der Waals surface area (Å²) in [6, 6.07) is 0. The largest absolute Gasteiger partial charge is 0.465 e. The van der Waals surface area contributed by atoms with Gasteiger partial charge in [0, 0.05) is 0 Å². The summed E-state index contributed by atoms with van der Waals surface area (Å²) in [5.74, 6) is 0.295. The maximum absolute atomic E-state index is 16.2. The molecule has 0 amide bonds. The molecule has 564 valence electrons. The third-order valence-electron chi connectivity index (χ3n) is 23.3. The Kier molecular flexibility index (Phi) is 79.3. The average Bonchev–Trinajstić information content (AvgIpc) is 0.768. The third-order valence-corrected chi connectivity index (χ3v) is 23.3. The van der Waals surface area contributed by atoms with Crippen LogP contribution >= 0.6 is 0 Å². The Labute approximate surface area is 597 Å². The molecule has 0 fully saturated rings. The summed E-state index contributed by atoms with van der Waals surface area (Å²) in [6.07, 6.45) is 113. The van der Waals surface area contributed by atoms with Gasteiger partial charge in [-0.15, -0.1) is 0 Å². The minimum absolute atomic E-state index is 0.0477. The van der Waals surface area contributed by atoms with Gasteiger partial charge < -0.3 is 4.74 Å². The molecule has 2 unspecified atom stereocenters. The molecule has 94 heavy (non-hydrogen) atoms. The Morgan fingerprint density at radius 3 is 0.457 bits per heavy atom. The Bertz CT molecular complexity index is 1370. The summed E-state index contributed by atoms with van der Waals surface area (Å²) in [7, 11) is 0. The number of rotatable bonds is 85. The van der Waals surface area contributed by atoms with Crippen LogP contribution in [0.1, 0.15) is 568 Å². The second-order valence-electron chi connectivity index (χ2n) is 32.4. The Balaban J connectivity index is 6.69. The van der Waals surface area contributed by atoms with Gasteiger partial charge >= 0.3 is 5.97 Å². The average molecular weight is 1320 g/mol. The molecule has 2 heteroatoms. The molecule has 2 nitrogen and oxygen atoms in total. The van der Waals surface area contributed by atoms with Crippen LogP contribution in [0.15, 0.2) is 0 Å². The van der Waals surface area contributed by atoms with E-state index in [2.05, 4.69) is 41.5 Å². The van der Waals surface area contributed by atoms with Crippen molar-refractivity contribution in [3.63, 3.8) is 0 Å². The number of esters is 1. The van der Waals surface area contributed by atoms with Crippen molar-refractivity contribution >= 4 is 5.97 Å². The third kappa shape index (κ3) is 62.5. The van der Waals surface area contributed by atoms with Crippen LogP contribution in [0.5, 0.6) is 0 Å². The standard InChI is InChI=1S/C92H184O2/c1-7-13-19-25-31-36-41-45-48-50-51-53-56-60-65-71-77-83-89-94-90(93)92(87-81-75-69-63-58-54-47-43-38-33-27-21-15-9-3,88-82-76-70-64-59-55-52-49-46-42-37-32-26-20-14-8-2)91(84-78-72-66-30-24-18-12-6,85-79-73-67-61-40-35-29-23-17-11-5)86-80-74-68-62-57-44-39-34-28-22-16-10-4/h7-89H2,1-6H3. The van der Waals surface area contributed by atoms with E-state index < -0.39 is 0 Å². The van der Waals surface area contributed by atoms with Crippen LogP contribution in [-0.4, -0.2) is 12.6 Å². The molecule has 0 saturated carbocycles. The molecule has 2 atom stereocenters. The van der Waals surface area contributed by atoms with E-state index in [-0.39, 0.29) is 10.8 Å². The molecule has 0 radical (unpaired) electrons. The first-order valence-electron chi connectivity index (χ1n) is 45.7. The monoisotopic (exact) mass is 1320 g/mol. The van der Waals surface area contributed by atoms with E-state index in [0.29, 0.717) is 12.6 Å². The fraction of sp³-hybridized carbons (Fsp3) is 0.989. The van der Waals surface area contributed by atoms with Crippen LogP contribution < -0.4 is 0 Å². The summed E-state index contributed by atoms with van der Waals surface area (Å²) in [5, 5.41) is 0. The molecule has 0 aliphatic heterocycles. The molecule has 0 aromatic rings. The quantitative estimate of drug-likeness (QED) is 0.0448. The lowest BCUT2D eigenvalue weighted by Crippen LogP contribution is -2.49. The maximum atomic E-state index is 16.2. The highest BCUT2D eigenvalue weighted by molar-refractivity contribution is 5.78. The fourth-order valence-electron chi connectivity index (χ4n) is 16.7. The Morgan fingerprint density at radius 1 is 0.170 bits per heavy atom. The first kappa shape index (κ1) is 93.5. The van der Waals surface area contributed by atoms with Gasteiger partial charge in [-0.1, -0.05) is 530 Å². The van der Waals surface area contributed by atoms with E-state index in [9.17, 15) is 0 Å². The molecule has 0 N–H and O–H groups in total. The van der Waals surface area contributed by atoms with Gasteiger partial charge in [0.05, 0.1) is 12.0 Å². The van der Waals surface area contributed by atoms with Crippen LogP contribution in [0.3, 0.4) is 0 Å². The molecule has 0 aliphatic carbocycles. The van der Waals surface area contributed by atoms with E-state index >= 15 is 4.79 Å². The summed E-state index contributed by atoms with van der Waals surface area (Å²) in [6.45, 7) is 14.7. The first-order chi connectivity index (χ1) is 46.5. The molecule has 0 rings (SSSR count). The Morgan fingerprint density at radius 2 is 0.298 bits per heavy atom. The lowest BCUT2D eigenvalue weighted by Gasteiger charge is -2.51. The van der Waals surface area contributed by atoms with Crippen LogP contribution in [0.4, 0.5) is 0 Å². The molecular formula is C92H184O2. The van der Waals surface area contributed by atoms with Gasteiger partial charge in [-0.25, -0.2) is 0 Å². The summed E-state index contributed by atoms with van der Waals surface area (Å²) >= 11 is 0. The second kappa shape index (κ2) is 79.8. The summed E-state index contributed by atoms with van der Waals surface area (Å²) in [4.78, 5) is 16.2. The van der Waals surface area contributed by atoms with E-state index in [0.717, 1.165) is 19.3 Å². The van der Waals surface area contributed by atoms with Crippen LogP contribution in [0.2, 0.25) is 0 Å². The Hall–Kier alpha value is -0.530. The highest BCUT2D eigenvalue weighted by Crippen LogP contribution is 2.57. The molecule has 0 saturated heterocycles. The number of ether oxygens (including phenoxy) is 1. The van der Waals surface area contributed by atoms with E-state index in [1.165, 1.54) is 507 Å². The van der Waals surface area contributed by atoms with Crippen molar-refractivity contribution in [3.8, 4) is 0 Å². The molecule has 0 bridgehead atoms. The number of carbonyl (C=O) groups is 1. The van der Waals surface area contributed by atoms with Crippen molar-refractivity contribution in [2.45, 2.75) is 568 Å². The predicted octanol–water partition coefficient (Wildman–Crippen LogP) is 34.6. The highest BCUT2D eigenvalue weighted by atomic mass is 16.5. The van der Waals surface area contributed by atoms with Gasteiger partial charge in [-0.3, -0.25) is 4.79 Å². The molecule has 0 aromatic carbocycles. The summed E-state index contributed by atoms with van der Waals surface area (Å²) in [5.41, 5.74) is -0.306. The zero-order valence-corrected chi connectivity index (χ0v) is 67.0. The van der Waals surface area contributed by atoms with E-state index in [4.69, 9.17) is 4.74 Å². The van der Waals surface area contributed by atoms with Crippen LogP contribution in [0.25, 0.3) is 0 Å². The summed E-state index contributed by atoms with van der Waals surface area (Å²) < 4.78 is 7.04. The van der Waals surface area contributed by atoms with Gasteiger partial charge in [0.1, 0.15) is 0 Å². The zero-order valence-electron chi connectivity index (χ0n) is 67.0. The molecule has 0 aromatic heterocycles. The van der Waals surface area contributed by atoms with Crippen LogP contribution in [-0.2, 0) is 9.53 Å². The van der Waals surface area contributed by atoms with Crippen LogP contribution in [0, 0.1) is 10.8 Å². The first-order valence-corrected chi connectivity index (χ1v) is 45.7. The molecule has 0 heterocycles. The lowest BCUT2D eigenvalue weighted by molar-refractivity contribution is -0.171. The second-order valence-corrected chi connectivity index (χ2v) is 32.4.